The highest BCUT2D eigenvalue weighted by molar-refractivity contribution is 5.84. The van der Waals surface area contributed by atoms with Crippen LogP contribution in [0.15, 0.2) is 0 Å². The first-order valence-corrected chi connectivity index (χ1v) is 5.85. The minimum absolute atomic E-state index is 0.0295. The van der Waals surface area contributed by atoms with Crippen molar-refractivity contribution < 1.29 is 9.90 Å². The van der Waals surface area contributed by atoms with Crippen molar-refractivity contribution >= 4 is 5.78 Å². The third-order valence-electron chi connectivity index (χ3n) is 2.64. The van der Waals surface area contributed by atoms with E-state index < -0.39 is 6.10 Å². The molecule has 0 aromatic heterocycles. The molecule has 84 valence electrons. The maximum atomic E-state index is 11.6. The van der Waals surface area contributed by atoms with Gasteiger partial charge in [-0.2, -0.15) is 0 Å². The second-order valence-corrected chi connectivity index (χ2v) is 4.10. The van der Waals surface area contributed by atoms with Gasteiger partial charge < -0.3 is 5.11 Å². The minimum Gasteiger partial charge on any atom is -0.385 e. The van der Waals surface area contributed by atoms with Gasteiger partial charge in [-0.15, -0.1) is 0 Å². The number of aliphatic hydroxyl groups excluding tert-OH is 1. The number of aliphatic hydroxyl groups is 1. The lowest BCUT2D eigenvalue weighted by Gasteiger charge is -2.14. The largest absolute Gasteiger partial charge is 0.385 e. The zero-order chi connectivity index (χ0) is 11.0. The van der Waals surface area contributed by atoms with Crippen LogP contribution in [-0.2, 0) is 4.79 Å². The first-order valence-electron chi connectivity index (χ1n) is 5.85. The van der Waals surface area contributed by atoms with Crippen LogP contribution in [0.5, 0.6) is 0 Å². The Balaban J connectivity index is 3.78. The zero-order valence-corrected chi connectivity index (χ0v) is 9.75. The Morgan fingerprint density at radius 1 is 1.14 bits per heavy atom. The predicted molar refractivity (Wildman–Crippen MR) is 59.2 cm³/mol. The number of carbonyl (C=O) groups excluding carboxylic acids is 1. The van der Waals surface area contributed by atoms with Gasteiger partial charge in [0.2, 0.25) is 0 Å². The molecule has 0 saturated heterocycles. The van der Waals surface area contributed by atoms with E-state index in [2.05, 4.69) is 13.8 Å². The fourth-order valence-electron chi connectivity index (χ4n) is 1.52. The number of unbranched alkanes of at least 4 members (excludes halogenated alkanes) is 2. The second-order valence-electron chi connectivity index (χ2n) is 4.10. The van der Waals surface area contributed by atoms with E-state index in [1.807, 2.05) is 6.92 Å². The van der Waals surface area contributed by atoms with Crippen molar-refractivity contribution in [3.63, 3.8) is 0 Å². The van der Waals surface area contributed by atoms with Crippen LogP contribution in [-0.4, -0.2) is 17.0 Å². The van der Waals surface area contributed by atoms with Crippen LogP contribution >= 0.6 is 0 Å². The average molecular weight is 200 g/mol. The fraction of sp³-hybridized carbons (Fsp3) is 0.917. The molecule has 0 saturated carbocycles. The van der Waals surface area contributed by atoms with Crippen LogP contribution < -0.4 is 0 Å². The molecule has 2 heteroatoms. The number of hydrogen-bond donors (Lipinski definition) is 1. The Bertz CT molecular complexity index is 138. The summed E-state index contributed by atoms with van der Waals surface area (Å²) in [6.45, 7) is 6.11. The molecular formula is C12H24O2. The summed E-state index contributed by atoms with van der Waals surface area (Å²) in [7, 11) is 0. The van der Waals surface area contributed by atoms with Gasteiger partial charge in [0.05, 0.1) is 0 Å². The molecule has 2 atom stereocenters. The van der Waals surface area contributed by atoms with Gasteiger partial charge >= 0.3 is 0 Å². The van der Waals surface area contributed by atoms with Crippen molar-refractivity contribution in [3.05, 3.63) is 0 Å². The molecule has 2 nitrogen and oxygen atoms in total. The quantitative estimate of drug-likeness (QED) is 0.654. The molecule has 0 unspecified atom stereocenters. The molecule has 0 rings (SSSR count). The Labute approximate surface area is 87.7 Å². The molecular weight excluding hydrogens is 176 g/mol. The summed E-state index contributed by atoms with van der Waals surface area (Å²) in [4.78, 5) is 11.6. The van der Waals surface area contributed by atoms with Gasteiger partial charge in [-0.1, -0.05) is 46.5 Å². The molecule has 0 heterocycles. The smallest absolute Gasteiger partial charge is 0.164 e. The Morgan fingerprint density at radius 3 is 2.14 bits per heavy atom. The Morgan fingerprint density at radius 2 is 1.64 bits per heavy atom. The maximum Gasteiger partial charge on any atom is 0.164 e. The summed E-state index contributed by atoms with van der Waals surface area (Å²) in [6.07, 6.45) is 4.99. The van der Waals surface area contributed by atoms with Crippen molar-refractivity contribution in [3.8, 4) is 0 Å². The minimum atomic E-state index is -0.721. The van der Waals surface area contributed by atoms with Crippen LogP contribution in [0.3, 0.4) is 0 Å². The van der Waals surface area contributed by atoms with E-state index in [9.17, 15) is 9.90 Å². The van der Waals surface area contributed by atoms with Gasteiger partial charge in [0.15, 0.2) is 5.78 Å². The summed E-state index contributed by atoms with van der Waals surface area (Å²) < 4.78 is 0. The topological polar surface area (TPSA) is 37.3 Å². The van der Waals surface area contributed by atoms with E-state index in [0.717, 1.165) is 32.1 Å². The lowest BCUT2D eigenvalue weighted by Crippen LogP contribution is -2.26. The first-order chi connectivity index (χ1) is 6.63. The monoisotopic (exact) mass is 200 g/mol. The second kappa shape index (κ2) is 7.98. The summed E-state index contributed by atoms with van der Waals surface area (Å²) in [5.41, 5.74) is 0. The molecule has 0 bridgehead atoms. The molecule has 0 spiro atoms. The molecule has 0 aromatic rings. The standard InChI is InChI=1S/C12H24O2/c1-4-6-8-10(3)12(14)11(13)9-7-5-2/h10-11,13H,4-9H2,1-3H3/t10-,11+/m0/s1. The summed E-state index contributed by atoms with van der Waals surface area (Å²) >= 11 is 0. The van der Waals surface area contributed by atoms with Gasteiger partial charge in [-0.05, 0) is 12.8 Å². The molecule has 0 aliphatic carbocycles. The molecule has 0 aromatic carbocycles. The van der Waals surface area contributed by atoms with Crippen LogP contribution in [0.25, 0.3) is 0 Å². The van der Waals surface area contributed by atoms with Gasteiger partial charge in [-0.25, -0.2) is 0 Å². The van der Waals surface area contributed by atoms with E-state index in [1.54, 1.807) is 0 Å². The molecule has 0 aliphatic heterocycles. The lowest BCUT2D eigenvalue weighted by atomic mass is 9.94. The molecule has 0 amide bonds. The van der Waals surface area contributed by atoms with Crippen LogP contribution in [0.1, 0.15) is 59.3 Å². The lowest BCUT2D eigenvalue weighted by molar-refractivity contribution is -0.131. The Kier molecular flexibility index (Phi) is 7.77. The van der Waals surface area contributed by atoms with Crippen LogP contribution in [0.4, 0.5) is 0 Å². The highest BCUT2D eigenvalue weighted by atomic mass is 16.3. The summed E-state index contributed by atoms with van der Waals surface area (Å²) in [5, 5.41) is 9.57. The predicted octanol–water partition coefficient (Wildman–Crippen LogP) is 2.93. The highest BCUT2D eigenvalue weighted by Gasteiger charge is 2.20. The third-order valence-corrected chi connectivity index (χ3v) is 2.64. The average Bonchev–Trinajstić information content (AvgIpc) is 2.21. The molecule has 0 aliphatic rings. The van der Waals surface area contributed by atoms with Crippen molar-refractivity contribution in [2.75, 3.05) is 0 Å². The van der Waals surface area contributed by atoms with Crippen LogP contribution in [0.2, 0.25) is 0 Å². The number of rotatable bonds is 8. The van der Waals surface area contributed by atoms with Gasteiger partial charge in [-0.3, -0.25) is 4.79 Å². The Hall–Kier alpha value is -0.370. The number of Topliss-reactive ketones (excluding diaryl/α,β-unsaturated/α-hetero) is 1. The van der Waals surface area contributed by atoms with Crippen LogP contribution in [0, 0.1) is 5.92 Å². The summed E-state index contributed by atoms with van der Waals surface area (Å²) in [6, 6.07) is 0. The van der Waals surface area contributed by atoms with Gasteiger partial charge in [0, 0.05) is 5.92 Å². The molecule has 0 fully saturated rings. The zero-order valence-electron chi connectivity index (χ0n) is 9.75. The third kappa shape index (κ3) is 5.38. The number of hydrogen-bond acceptors (Lipinski definition) is 2. The van der Waals surface area contributed by atoms with Crippen molar-refractivity contribution in [2.24, 2.45) is 5.92 Å². The van der Waals surface area contributed by atoms with E-state index in [1.165, 1.54) is 0 Å². The van der Waals surface area contributed by atoms with E-state index in [-0.39, 0.29) is 11.7 Å². The normalized spacial score (nSPS) is 15.1. The maximum absolute atomic E-state index is 11.6. The van der Waals surface area contributed by atoms with Gasteiger partial charge in [0.1, 0.15) is 6.10 Å². The molecule has 14 heavy (non-hydrogen) atoms. The molecule has 0 radical (unpaired) electrons. The van der Waals surface area contributed by atoms with E-state index >= 15 is 0 Å². The van der Waals surface area contributed by atoms with Gasteiger partial charge in [0.25, 0.3) is 0 Å². The van der Waals surface area contributed by atoms with E-state index in [0.29, 0.717) is 6.42 Å². The first kappa shape index (κ1) is 13.6. The fourth-order valence-corrected chi connectivity index (χ4v) is 1.52. The van der Waals surface area contributed by atoms with Crippen molar-refractivity contribution in [1.29, 1.82) is 0 Å². The molecule has 1 N–H and O–H groups in total. The highest BCUT2D eigenvalue weighted by Crippen LogP contribution is 2.13. The summed E-state index contributed by atoms with van der Waals surface area (Å²) in [5.74, 6) is 0.0636. The van der Waals surface area contributed by atoms with Crippen molar-refractivity contribution in [2.45, 2.75) is 65.4 Å². The number of ketones is 1. The van der Waals surface area contributed by atoms with Crippen molar-refractivity contribution in [1.82, 2.24) is 0 Å². The number of carbonyl (C=O) groups is 1. The SMILES string of the molecule is CCCC[C@@H](O)C(=O)[C@@H](C)CCCC. The van der Waals surface area contributed by atoms with E-state index in [4.69, 9.17) is 0 Å².